The van der Waals surface area contributed by atoms with Gasteiger partial charge in [0.05, 0.1) is 18.8 Å². The summed E-state index contributed by atoms with van der Waals surface area (Å²) in [6.45, 7) is 2.21. The molecule has 0 radical (unpaired) electrons. The van der Waals surface area contributed by atoms with Gasteiger partial charge in [-0.05, 0) is 91.7 Å². The summed E-state index contributed by atoms with van der Waals surface area (Å²) in [6.07, 6.45) is 6.75. The van der Waals surface area contributed by atoms with E-state index in [4.69, 9.17) is 9.47 Å². The van der Waals surface area contributed by atoms with Gasteiger partial charge in [0.15, 0.2) is 6.29 Å². The fourth-order valence-corrected chi connectivity index (χ4v) is 9.48. The number of benzene rings is 3. The van der Waals surface area contributed by atoms with E-state index in [0.29, 0.717) is 0 Å². The van der Waals surface area contributed by atoms with Crippen LogP contribution in [-0.2, 0) is 16.1 Å². The van der Waals surface area contributed by atoms with Crippen LogP contribution < -0.4 is 10.6 Å². The lowest BCUT2D eigenvalue weighted by Gasteiger charge is -2.56. The second-order valence-corrected chi connectivity index (χ2v) is 14.4. The third kappa shape index (κ3) is 6.37. The van der Waals surface area contributed by atoms with Crippen molar-refractivity contribution in [2.45, 2.75) is 81.0 Å². The molecule has 3 aromatic carbocycles. The van der Waals surface area contributed by atoms with E-state index in [2.05, 4.69) is 41.8 Å². The Hall–Kier alpha value is -2.84. The van der Waals surface area contributed by atoms with Gasteiger partial charge in [-0.1, -0.05) is 61.5 Å². The fraction of sp³-hybridized carbons (Fsp3) is 0.472. The maximum atomic E-state index is 13.1. The number of urea groups is 1. The third-order valence-electron chi connectivity index (χ3n) is 10.1. The van der Waals surface area contributed by atoms with Crippen LogP contribution in [0.4, 0.5) is 10.5 Å². The number of hydrogen-bond donors (Lipinski definition) is 3. The predicted octanol–water partition coefficient (Wildman–Crippen LogP) is 7.85. The second kappa shape index (κ2) is 12.3. The average Bonchev–Trinajstić information content (AvgIpc) is 3.00. The molecule has 1 saturated heterocycles. The number of carbonyl (C=O) groups excluding carboxylic acids is 1. The number of aliphatic hydroxyl groups excluding tert-OH is 1. The third-order valence-corrected chi connectivity index (χ3v) is 11.2. The summed E-state index contributed by atoms with van der Waals surface area (Å²) < 4.78 is 13.2. The van der Waals surface area contributed by atoms with Crippen LogP contribution in [0.3, 0.4) is 0 Å². The molecule has 0 aromatic heterocycles. The van der Waals surface area contributed by atoms with E-state index in [1.807, 2.05) is 54.6 Å². The standard InChI is InChI=1S/C36H42N2O4S/c1-23-32(22-43-31-5-3-2-4-6-31)41-34(42-33(23)28-9-7-24(21-39)8-10-28)29-11-13-30(14-12-29)37-35(40)38-36-18-25-15-26(19-36)17-27(16-25)20-36/h2-14,23,25-27,32-34,39H,15-22H2,1H3,(H2,37,38,40)/t23-,25?,26?,27?,32+,33+,34+,36?/m0/s1. The molecule has 4 saturated carbocycles. The van der Waals surface area contributed by atoms with Crippen molar-refractivity contribution in [1.82, 2.24) is 5.32 Å². The second-order valence-electron chi connectivity index (χ2n) is 13.3. The number of hydrogen-bond acceptors (Lipinski definition) is 5. The highest BCUT2D eigenvalue weighted by molar-refractivity contribution is 7.99. The molecule has 43 heavy (non-hydrogen) atoms. The number of anilines is 1. The van der Waals surface area contributed by atoms with E-state index in [9.17, 15) is 9.90 Å². The number of carbonyl (C=O) groups is 1. The van der Waals surface area contributed by atoms with E-state index < -0.39 is 6.29 Å². The van der Waals surface area contributed by atoms with Crippen LogP contribution in [-0.4, -0.2) is 28.5 Å². The van der Waals surface area contributed by atoms with Gasteiger partial charge in [-0.15, -0.1) is 11.8 Å². The van der Waals surface area contributed by atoms with Crippen molar-refractivity contribution in [3.8, 4) is 0 Å². The summed E-state index contributed by atoms with van der Waals surface area (Å²) in [5, 5.41) is 16.0. The van der Waals surface area contributed by atoms with E-state index in [-0.39, 0.29) is 36.3 Å². The van der Waals surface area contributed by atoms with Crippen LogP contribution in [0.2, 0.25) is 0 Å². The summed E-state index contributed by atoms with van der Waals surface area (Å²) in [7, 11) is 0. The van der Waals surface area contributed by atoms with E-state index in [1.54, 1.807) is 11.8 Å². The Morgan fingerprint density at radius 2 is 1.49 bits per heavy atom. The molecule has 1 aliphatic heterocycles. The summed E-state index contributed by atoms with van der Waals surface area (Å²) in [4.78, 5) is 14.3. The van der Waals surface area contributed by atoms with E-state index in [0.717, 1.165) is 65.1 Å². The van der Waals surface area contributed by atoms with Crippen molar-refractivity contribution in [3.63, 3.8) is 0 Å². The predicted molar refractivity (Wildman–Crippen MR) is 170 cm³/mol. The number of thioether (sulfide) groups is 1. The molecule has 4 bridgehead atoms. The van der Waals surface area contributed by atoms with Crippen molar-refractivity contribution in [2.75, 3.05) is 11.1 Å². The monoisotopic (exact) mass is 598 g/mol. The SMILES string of the molecule is C[C@H]1[C@@H](CSc2ccccc2)O[C@@H](c2ccc(NC(=O)NC34CC5CC(CC(C5)C3)C4)cc2)O[C@H]1c1ccc(CO)cc1. The lowest BCUT2D eigenvalue weighted by molar-refractivity contribution is -0.268. The molecular formula is C36H42N2O4S. The van der Waals surface area contributed by atoms with Crippen LogP contribution in [0.25, 0.3) is 0 Å². The number of rotatable bonds is 8. The van der Waals surface area contributed by atoms with Crippen molar-refractivity contribution >= 4 is 23.5 Å². The Bertz CT molecular complexity index is 1360. The molecule has 4 aliphatic carbocycles. The minimum absolute atomic E-state index is 0.0174. The maximum Gasteiger partial charge on any atom is 0.319 e. The van der Waals surface area contributed by atoms with Crippen LogP contribution in [0.1, 0.15) is 74.5 Å². The average molecular weight is 599 g/mol. The molecule has 6 nitrogen and oxygen atoms in total. The first kappa shape index (κ1) is 28.9. The molecule has 5 fully saturated rings. The minimum Gasteiger partial charge on any atom is -0.392 e. The zero-order valence-corrected chi connectivity index (χ0v) is 25.6. The van der Waals surface area contributed by atoms with Gasteiger partial charge in [0.25, 0.3) is 0 Å². The van der Waals surface area contributed by atoms with Crippen molar-refractivity contribution < 1.29 is 19.4 Å². The largest absolute Gasteiger partial charge is 0.392 e. The molecule has 2 amide bonds. The van der Waals surface area contributed by atoms with Crippen LogP contribution in [0.15, 0.2) is 83.8 Å². The molecule has 1 heterocycles. The Morgan fingerprint density at radius 1 is 0.860 bits per heavy atom. The van der Waals surface area contributed by atoms with Gasteiger partial charge in [-0.25, -0.2) is 4.79 Å². The smallest absolute Gasteiger partial charge is 0.319 e. The number of aliphatic hydroxyl groups is 1. The number of ether oxygens (including phenoxy) is 2. The molecule has 8 rings (SSSR count). The summed E-state index contributed by atoms with van der Waals surface area (Å²) >= 11 is 1.80. The number of nitrogens with one attached hydrogen (secondary N) is 2. The molecule has 0 spiro atoms. The highest BCUT2D eigenvalue weighted by Gasteiger charge is 2.51. The molecule has 3 N–H and O–H groups in total. The highest BCUT2D eigenvalue weighted by atomic mass is 32.2. The Morgan fingerprint density at radius 3 is 2.12 bits per heavy atom. The lowest BCUT2D eigenvalue weighted by Crippen LogP contribution is -2.60. The zero-order valence-electron chi connectivity index (χ0n) is 24.8. The minimum atomic E-state index is -0.532. The van der Waals surface area contributed by atoms with Crippen molar-refractivity contribution in [2.24, 2.45) is 23.7 Å². The van der Waals surface area contributed by atoms with Gasteiger partial charge in [-0.3, -0.25) is 0 Å². The van der Waals surface area contributed by atoms with Gasteiger partial charge in [-0.2, -0.15) is 0 Å². The lowest BCUT2D eigenvalue weighted by atomic mass is 9.53. The molecule has 5 aliphatic rings. The first-order chi connectivity index (χ1) is 20.9. The first-order valence-electron chi connectivity index (χ1n) is 15.8. The molecule has 3 aromatic rings. The van der Waals surface area contributed by atoms with Gasteiger partial charge in [0, 0.05) is 33.4 Å². The van der Waals surface area contributed by atoms with Gasteiger partial charge < -0.3 is 25.2 Å². The number of amides is 2. The van der Waals surface area contributed by atoms with E-state index in [1.165, 1.54) is 24.2 Å². The highest BCUT2D eigenvalue weighted by Crippen LogP contribution is 2.55. The quantitative estimate of drug-likeness (QED) is 0.230. The van der Waals surface area contributed by atoms with Crippen LogP contribution >= 0.6 is 11.8 Å². The Labute approximate surface area is 258 Å². The van der Waals surface area contributed by atoms with Gasteiger partial charge in [0.2, 0.25) is 0 Å². The van der Waals surface area contributed by atoms with Gasteiger partial charge >= 0.3 is 6.03 Å². The molecule has 0 unspecified atom stereocenters. The topological polar surface area (TPSA) is 79.8 Å². The molecule has 226 valence electrons. The Balaban J connectivity index is 1.04. The summed E-state index contributed by atoms with van der Waals surface area (Å²) in [5.41, 5.74) is 3.63. The Kier molecular flexibility index (Phi) is 8.25. The fourth-order valence-electron chi connectivity index (χ4n) is 8.40. The van der Waals surface area contributed by atoms with Crippen molar-refractivity contribution in [3.05, 3.63) is 95.6 Å². The summed E-state index contributed by atoms with van der Waals surface area (Å²) in [6, 6.07) is 26.2. The van der Waals surface area contributed by atoms with Crippen LogP contribution in [0, 0.1) is 23.7 Å². The molecule has 4 atom stereocenters. The molecule has 7 heteroatoms. The van der Waals surface area contributed by atoms with Crippen molar-refractivity contribution in [1.29, 1.82) is 0 Å². The van der Waals surface area contributed by atoms with Gasteiger partial charge in [0.1, 0.15) is 0 Å². The van der Waals surface area contributed by atoms with E-state index >= 15 is 0 Å². The summed E-state index contributed by atoms with van der Waals surface area (Å²) in [5.74, 6) is 3.29. The maximum absolute atomic E-state index is 13.1. The molecular weight excluding hydrogens is 556 g/mol. The normalized spacial score (nSPS) is 32.8. The zero-order chi connectivity index (χ0) is 29.4. The van der Waals surface area contributed by atoms with Crippen LogP contribution in [0.5, 0.6) is 0 Å². The first-order valence-corrected chi connectivity index (χ1v) is 16.8.